The van der Waals surface area contributed by atoms with Gasteiger partial charge in [-0.2, -0.15) is 0 Å². The first kappa shape index (κ1) is 11.5. The van der Waals surface area contributed by atoms with Gasteiger partial charge in [-0.05, 0) is 19.3 Å². The first-order valence-electron chi connectivity index (χ1n) is 5.32. The maximum absolute atomic E-state index is 11.8. The van der Waals surface area contributed by atoms with Gasteiger partial charge in [-0.1, -0.05) is 6.92 Å². The molecule has 0 heterocycles. The van der Waals surface area contributed by atoms with Crippen molar-refractivity contribution in [1.82, 2.24) is 4.90 Å². The Morgan fingerprint density at radius 3 is 2.64 bits per heavy atom. The number of carbonyl (C=O) groups is 1. The van der Waals surface area contributed by atoms with Crippen molar-refractivity contribution in [1.29, 1.82) is 0 Å². The molecule has 0 spiro atoms. The lowest BCUT2D eigenvalue weighted by Gasteiger charge is -2.38. The quantitative estimate of drug-likeness (QED) is 0.654. The monoisotopic (exact) mass is 200 g/mol. The molecule has 0 aromatic heterocycles. The maximum Gasteiger partial charge on any atom is 0.227 e. The summed E-state index contributed by atoms with van der Waals surface area (Å²) in [5, 5.41) is 8.88. The first-order chi connectivity index (χ1) is 6.70. The molecule has 0 aromatic rings. The predicted octanol–water partition coefficient (Wildman–Crippen LogP) is -0.0454. The minimum Gasteiger partial charge on any atom is -0.395 e. The van der Waals surface area contributed by atoms with Crippen molar-refractivity contribution in [3.8, 4) is 0 Å². The molecule has 3 N–H and O–H groups in total. The second-order valence-corrected chi connectivity index (χ2v) is 3.98. The fourth-order valence-electron chi connectivity index (χ4n) is 1.66. The van der Waals surface area contributed by atoms with E-state index in [0.29, 0.717) is 19.1 Å². The molecular formula is C10H20N2O2. The van der Waals surface area contributed by atoms with Gasteiger partial charge < -0.3 is 15.7 Å². The highest BCUT2D eigenvalue weighted by molar-refractivity contribution is 5.79. The van der Waals surface area contributed by atoms with Gasteiger partial charge in [0, 0.05) is 25.0 Å². The topological polar surface area (TPSA) is 66.6 Å². The van der Waals surface area contributed by atoms with Crippen LogP contribution in [0.4, 0.5) is 0 Å². The largest absolute Gasteiger partial charge is 0.395 e. The average molecular weight is 200 g/mol. The molecule has 1 amide bonds. The van der Waals surface area contributed by atoms with Gasteiger partial charge in [-0.15, -0.1) is 0 Å². The van der Waals surface area contributed by atoms with Crippen molar-refractivity contribution in [2.45, 2.75) is 32.2 Å². The smallest absolute Gasteiger partial charge is 0.227 e. The molecule has 4 nitrogen and oxygen atoms in total. The molecular weight excluding hydrogens is 180 g/mol. The molecule has 1 aliphatic rings. The molecule has 0 radical (unpaired) electrons. The van der Waals surface area contributed by atoms with E-state index in [1.807, 2.05) is 6.92 Å². The van der Waals surface area contributed by atoms with E-state index in [2.05, 4.69) is 0 Å². The van der Waals surface area contributed by atoms with Gasteiger partial charge in [0.05, 0.1) is 6.61 Å². The molecule has 1 rings (SSSR count). The Morgan fingerprint density at radius 1 is 1.64 bits per heavy atom. The van der Waals surface area contributed by atoms with Crippen LogP contribution in [0.5, 0.6) is 0 Å². The highest BCUT2D eigenvalue weighted by Gasteiger charge is 2.30. The molecule has 1 fully saturated rings. The molecule has 1 atom stereocenters. The Hall–Kier alpha value is -0.610. The van der Waals surface area contributed by atoms with Crippen LogP contribution in [0.1, 0.15) is 26.2 Å². The van der Waals surface area contributed by atoms with E-state index < -0.39 is 0 Å². The molecule has 14 heavy (non-hydrogen) atoms. The minimum atomic E-state index is -0.123. The van der Waals surface area contributed by atoms with Crippen LogP contribution in [0.2, 0.25) is 0 Å². The van der Waals surface area contributed by atoms with E-state index in [9.17, 15) is 4.79 Å². The van der Waals surface area contributed by atoms with Gasteiger partial charge >= 0.3 is 0 Å². The zero-order valence-corrected chi connectivity index (χ0v) is 8.78. The SMILES string of the molecule is CC(CN)C(=O)N(CCO)C1CCC1. The fourth-order valence-corrected chi connectivity index (χ4v) is 1.66. The number of nitrogens with two attached hydrogens (primary N) is 1. The van der Waals surface area contributed by atoms with Crippen molar-refractivity contribution in [2.75, 3.05) is 19.7 Å². The summed E-state index contributed by atoms with van der Waals surface area (Å²) < 4.78 is 0. The summed E-state index contributed by atoms with van der Waals surface area (Å²) in [5.74, 6) is -0.0339. The van der Waals surface area contributed by atoms with Gasteiger partial charge in [0.2, 0.25) is 5.91 Å². The zero-order chi connectivity index (χ0) is 10.6. The normalized spacial score (nSPS) is 18.8. The number of nitrogens with zero attached hydrogens (tertiary/aromatic N) is 1. The Labute approximate surface area is 85.1 Å². The van der Waals surface area contributed by atoms with Crippen molar-refractivity contribution >= 4 is 5.91 Å². The Morgan fingerprint density at radius 2 is 2.29 bits per heavy atom. The van der Waals surface area contributed by atoms with Crippen molar-refractivity contribution in [2.24, 2.45) is 11.7 Å². The fraction of sp³-hybridized carbons (Fsp3) is 0.900. The van der Waals surface area contributed by atoms with E-state index in [1.165, 1.54) is 6.42 Å². The molecule has 82 valence electrons. The summed E-state index contributed by atoms with van der Waals surface area (Å²) in [6.07, 6.45) is 3.34. The number of amides is 1. The van der Waals surface area contributed by atoms with Crippen LogP contribution in [-0.4, -0.2) is 41.7 Å². The summed E-state index contributed by atoms with van der Waals surface area (Å²) in [7, 11) is 0. The minimum absolute atomic E-state index is 0.0412. The molecule has 1 aliphatic carbocycles. The highest BCUT2D eigenvalue weighted by Crippen LogP contribution is 2.25. The summed E-state index contributed by atoms with van der Waals surface area (Å²) in [6, 6.07) is 0.351. The Balaban J connectivity index is 2.51. The van der Waals surface area contributed by atoms with E-state index in [1.54, 1.807) is 4.90 Å². The lowest BCUT2D eigenvalue weighted by molar-refractivity contribution is -0.139. The van der Waals surface area contributed by atoms with Crippen LogP contribution < -0.4 is 5.73 Å². The average Bonchev–Trinajstić information content (AvgIpc) is 2.12. The number of hydrogen-bond acceptors (Lipinski definition) is 3. The first-order valence-corrected chi connectivity index (χ1v) is 5.32. The van der Waals surface area contributed by atoms with Crippen LogP contribution in [0.3, 0.4) is 0 Å². The Bertz CT molecular complexity index is 193. The van der Waals surface area contributed by atoms with Crippen LogP contribution in [0.25, 0.3) is 0 Å². The number of carbonyl (C=O) groups excluding carboxylic acids is 1. The van der Waals surface area contributed by atoms with E-state index in [-0.39, 0.29) is 18.4 Å². The summed E-state index contributed by atoms with van der Waals surface area (Å²) >= 11 is 0. The van der Waals surface area contributed by atoms with Crippen molar-refractivity contribution in [3.05, 3.63) is 0 Å². The number of aliphatic hydroxyl groups excluding tert-OH is 1. The Kier molecular flexibility index (Phi) is 4.35. The molecule has 4 heteroatoms. The van der Waals surface area contributed by atoms with E-state index in [0.717, 1.165) is 12.8 Å². The van der Waals surface area contributed by atoms with Crippen molar-refractivity contribution in [3.63, 3.8) is 0 Å². The van der Waals surface area contributed by atoms with Gasteiger partial charge in [-0.25, -0.2) is 0 Å². The molecule has 0 saturated heterocycles. The summed E-state index contributed by atoms with van der Waals surface area (Å²) in [4.78, 5) is 13.6. The number of rotatable bonds is 5. The van der Waals surface area contributed by atoms with Crippen LogP contribution in [0, 0.1) is 5.92 Å². The third-order valence-corrected chi connectivity index (χ3v) is 2.91. The third kappa shape index (κ3) is 2.45. The molecule has 1 saturated carbocycles. The molecule has 1 unspecified atom stereocenters. The molecule has 0 bridgehead atoms. The number of aliphatic hydroxyl groups is 1. The standard InChI is InChI=1S/C10H20N2O2/c1-8(7-11)10(14)12(5-6-13)9-3-2-4-9/h8-9,13H,2-7,11H2,1H3. The summed E-state index contributed by atoms with van der Waals surface area (Å²) in [6.45, 7) is 2.71. The molecule has 0 aliphatic heterocycles. The van der Waals surface area contributed by atoms with Gasteiger partial charge in [-0.3, -0.25) is 4.79 Å². The highest BCUT2D eigenvalue weighted by atomic mass is 16.3. The lowest BCUT2D eigenvalue weighted by atomic mass is 9.90. The zero-order valence-electron chi connectivity index (χ0n) is 8.78. The maximum atomic E-state index is 11.8. The van der Waals surface area contributed by atoms with Crippen LogP contribution >= 0.6 is 0 Å². The van der Waals surface area contributed by atoms with Gasteiger partial charge in [0.1, 0.15) is 0 Å². The summed E-state index contributed by atoms with van der Waals surface area (Å²) in [5.41, 5.74) is 5.46. The van der Waals surface area contributed by atoms with Crippen molar-refractivity contribution < 1.29 is 9.90 Å². The van der Waals surface area contributed by atoms with Gasteiger partial charge in [0.15, 0.2) is 0 Å². The van der Waals surface area contributed by atoms with Crippen LogP contribution in [-0.2, 0) is 4.79 Å². The predicted molar refractivity (Wildman–Crippen MR) is 54.7 cm³/mol. The third-order valence-electron chi connectivity index (χ3n) is 2.91. The second kappa shape index (κ2) is 5.32. The lowest BCUT2D eigenvalue weighted by Crippen LogP contribution is -2.48. The van der Waals surface area contributed by atoms with Gasteiger partial charge in [0.25, 0.3) is 0 Å². The molecule has 0 aromatic carbocycles. The van der Waals surface area contributed by atoms with E-state index in [4.69, 9.17) is 10.8 Å². The second-order valence-electron chi connectivity index (χ2n) is 3.98. The number of hydrogen-bond donors (Lipinski definition) is 2. The van der Waals surface area contributed by atoms with E-state index >= 15 is 0 Å². The van der Waals surface area contributed by atoms with Crippen LogP contribution in [0.15, 0.2) is 0 Å².